The lowest BCUT2D eigenvalue weighted by Crippen LogP contribution is -2.43. The van der Waals surface area contributed by atoms with Gasteiger partial charge in [0.25, 0.3) is 0 Å². The molecule has 1 rings (SSSR count). The molecule has 1 atom stereocenters. The topological polar surface area (TPSA) is 104 Å². The standard InChI is InChI=1S/C12H23N3O3.ClH/c13-6-11(17)15-8-12(18)14-7-10(16)9-4-2-1-3-5-9;/h9-10,16H,1-8,13H2,(H,14,18)(H,15,17);1H. The number of hydrogen-bond acceptors (Lipinski definition) is 4. The fourth-order valence-electron chi connectivity index (χ4n) is 2.22. The molecule has 1 unspecified atom stereocenters. The summed E-state index contributed by atoms with van der Waals surface area (Å²) < 4.78 is 0. The second kappa shape index (κ2) is 10.00. The predicted octanol–water partition coefficient (Wildman–Crippen LogP) is -0.460. The van der Waals surface area contributed by atoms with Crippen LogP contribution < -0.4 is 16.4 Å². The molecule has 112 valence electrons. The number of carbonyl (C=O) groups is 2. The highest BCUT2D eigenvalue weighted by atomic mass is 35.5. The third-order valence-electron chi connectivity index (χ3n) is 3.33. The average Bonchev–Trinajstić information content (AvgIpc) is 2.42. The van der Waals surface area contributed by atoms with E-state index < -0.39 is 6.10 Å². The first-order valence-electron chi connectivity index (χ1n) is 6.55. The zero-order chi connectivity index (χ0) is 13.4. The van der Waals surface area contributed by atoms with E-state index in [1.165, 1.54) is 6.42 Å². The van der Waals surface area contributed by atoms with Crippen LogP contribution >= 0.6 is 12.4 Å². The second-order valence-electron chi connectivity index (χ2n) is 4.75. The minimum atomic E-state index is -0.487. The normalized spacial score (nSPS) is 17.2. The molecule has 0 bridgehead atoms. The highest BCUT2D eigenvalue weighted by molar-refractivity contribution is 5.85. The lowest BCUT2D eigenvalue weighted by atomic mass is 9.85. The largest absolute Gasteiger partial charge is 0.391 e. The van der Waals surface area contributed by atoms with Crippen LogP contribution in [0.3, 0.4) is 0 Å². The van der Waals surface area contributed by atoms with Crippen LogP contribution in [0.25, 0.3) is 0 Å². The Balaban J connectivity index is 0.00000324. The van der Waals surface area contributed by atoms with E-state index in [-0.39, 0.29) is 49.8 Å². The molecule has 0 aliphatic heterocycles. The summed E-state index contributed by atoms with van der Waals surface area (Å²) in [5, 5.41) is 14.9. The third kappa shape index (κ3) is 7.34. The molecule has 0 aromatic rings. The number of hydrogen-bond donors (Lipinski definition) is 4. The number of rotatable bonds is 6. The van der Waals surface area contributed by atoms with Gasteiger partial charge < -0.3 is 21.5 Å². The summed E-state index contributed by atoms with van der Waals surface area (Å²) in [6.45, 7) is 0.0351. The molecule has 7 heteroatoms. The minimum absolute atomic E-state index is 0. The fourth-order valence-corrected chi connectivity index (χ4v) is 2.22. The summed E-state index contributed by atoms with van der Waals surface area (Å²) in [6, 6.07) is 0. The summed E-state index contributed by atoms with van der Waals surface area (Å²) in [5.41, 5.74) is 5.09. The Morgan fingerprint density at radius 2 is 1.79 bits per heavy atom. The van der Waals surface area contributed by atoms with Gasteiger partial charge in [-0.3, -0.25) is 9.59 Å². The molecular weight excluding hydrogens is 270 g/mol. The molecule has 1 aliphatic rings. The maximum Gasteiger partial charge on any atom is 0.239 e. The molecule has 1 aliphatic carbocycles. The highest BCUT2D eigenvalue weighted by Crippen LogP contribution is 2.26. The van der Waals surface area contributed by atoms with E-state index in [2.05, 4.69) is 10.6 Å². The molecule has 0 radical (unpaired) electrons. The third-order valence-corrected chi connectivity index (χ3v) is 3.33. The first-order valence-corrected chi connectivity index (χ1v) is 6.55. The Labute approximate surface area is 119 Å². The molecule has 0 aromatic heterocycles. The number of nitrogens with two attached hydrogens (primary N) is 1. The van der Waals surface area contributed by atoms with Gasteiger partial charge in [0.2, 0.25) is 11.8 Å². The molecule has 2 amide bonds. The smallest absolute Gasteiger partial charge is 0.239 e. The lowest BCUT2D eigenvalue weighted by molar-refractivity contribution is -0.125. The van der Waals surface area contributed by atoms with Crippen LogP contribution in [0.2, 0.25) is 0 Å². The van der Waals surface area contributed by atoms with Crippen LogP contribution in [-0.4, -0.2) is 42.7 Å². The Hall–Kier alpha value is -0.850. The van der Waals surface area contributed by atoms with Crippen molar-refractivity contribution in [1.82, 2.24) is 10.6 Å². The Morgan fingerprint density at radius 1 is 1.16 bits per heavy atom. The molecule has 0 saturated heterocycles. The van der Waals surface area contributed by atoms with E-state index in [0.29, 0.717) is 0 Å². The van der Waals surface area contributed by atoms with Crippen LogP contribution in [-0.2, 0) is 9.59 Å². The van der Waals surface area contributed by atoms with Crippen molar-refractivity contribution < 1.29 is 14.7 Å². The van der Waals surface area contributed by atoms with Gasteiger partial charge in [-0.1, -0.05) is 19.3 Å². The van der Waals surface area contributed by atoms with Crippen molar-refractivity contribution in [1.29, 1.82) is 0 Å². The van der Waals surface area contributed by atoms with Gasteiger partial charge in [0.15, 0.2) is 0 Å². The van der Waals surface area contributed by atoms with Gasteiger partial charge in [-0.05, 0) is 18.8 Å². The average molecular weight is 294 g/mol. The van der Waals surface area contributed by atoms with Crippen molar-refractivity contribution in [2.75, 3.05) is 19.6 Å². The van der Waals surface area contributed by atoms with Gasteiger partial charge in [-0.2, -0.15) is 0 Å². The summed E-state index contributed by atoms with van der Waals surface area (Å²) in [5.74, 6) is -0.373. The summed E-state index contributed by atoms with van der Waals surface area (Å²) in [6.07, 6.45) is 5.12. The van der Waals surface area contributed by atoms with Crippen LogP contribution in [0.5, 0.6) is 0 Å². The van der Waals surface area contributed by atoms with E-state index in [1.54, 1.807) is 0 Å². The summed E-state index contributed by atoms with van der Waals surface area (Å²) in [7, 11) is 0. The molecule has 6 nitrogen and oxygen atoms in total. The molecule has 19 heavy (non-hydrogen) atoms. The molecule has 1 saturated carbocycles. The fraction of sp³-hybridized carbons (Fsp3) is 0.833. The zero-order valence-electron chi connectivity index (χ0n) is 11.1. The van der Waals surface area contributed by atoms with Crippen molar-refractivity contribution in [3.63, 3.8) is 0 Å². The Kier molecular flexibility index (Phi) is 9.55. The van der Waals surface area contributed by atoms with Crippen molar-refractivity contribution in [2.24, 2.45) is 11.7 Å². The van der Waals surface area contributed by atoms with Crippen LogP contribution in [0.4, 0.5) is 0 Å². The van der Waals surface area contributed by atoms with Crippen LogP contribution in [0, 0.1) is 5.92 Å². The zero-order valence-corrected chi connectivity index (χ0v) is 11.9. The van der Waals surface area contributed by atoms with Gasteiger partial charge in [-0.15, -0.1) is 12.4 Å². The highest BCUT2D eigenvalue weighted by Gasteiger charge is 2.21. The number of nitrogens with one attached hydrogen (secondary N) is 2. The van der Waals surface area contributed by atoms with E-state index in [1.807, 2.05) is 0 Å². The van der Waals surface area contributed by atoms with Crippen LogP contribution in [0.15, 0.2) is 0 Å². The number of amides is 2. The molecule has 0 aromatic carbocycles. The number of aliphatic hydroxyl groups excluding tert-OH is 1. The summed E-state index contributed by atoms with van der Waals surface area (Å²) in [4.78, 5) is 22.2. The molecule has 0 heterocycles. The van der Waals surface area contributed by atoms with E-state index in [4.69, 9.17) is 5.73 Å². The van der Waals surface area contributed by atoms with Crippen molar-refractivity contribution in [3.05, 3.63) is 0 Å². The van der Waals surface area contributed by atoms with Crippen molar-refractivity contribution in [3.8, 4) is 0 Å². The first-order chi connectivity index (χ1) is 8.63. The summed E-state index contributed by atoms with van der Waals surface area (Å²) >= 11 is 0. The minimum Gasteiger partial charge on any atom is -0.391 e. The Bertz CT molecular complexity index is 283. The quantitative estimate of drug-likeness (QED) is 0.532. The Morgan fingerprint density at radius 3 is 2.37 bits per heavy atom. The molecule has 5 N–H and O–H groups in total. The maximum absolute atomic E-state index is 11.4. The molecule has 1 fully saturated rings. The van der Waals surface area contributed by atoms with Crippen molar-refractivity contribution in [2.45, 2.75) is 38.2 Å². The molecular formula is C12H24ClN3O3. The SMILES string of the molecule is Cl.NCC(=O)NCC(=O)NCC(O)C1CCCCC1. The van der Waals surface area contributed by atoms with Gasteiger partial charge in [0.05, 0.1) is 19.2 Å². The first kappa shape index (κ1) is 18.1. The van der Waals surface area contributed by atoms with E-state index in [9.17, 15) is 14.7 Å². The van der Waals surface area contributed by atoms with Gasteiger partial charge in [0, 0.05) is 6.54 Å². The second-order valence-corrected chi connectivity index (χ2v) is 4.75. The van der Waals surface area contributed by atoms with Gasteiger partial charge in [0.1, 0.15) is 0 Å². The monoisotopic (exact) mass is 293 g/mol. The van der Waals surface area contributed by atoms with Crippen molar-refractivity contribution >= 4 is 24.2 Å². The lowest BCUT2D eigenvalue weighted by Gasteiger charge is -2.26. The molecule has 0 spiro atoms. The number of carbonyl (C=O) groups excluding carboxylic acids is 2. The van der Waals surface area contributed by atoms with Gasteiger partial charge >= 0.3 is 0 Å². The van der Waals surface area contributed by atoms with Crippen LogP contribution in [0.1, 0.15) is 32.1 Å². The number of aliphatic hydroxyl groups is 1. The van der Waals surface area contributed by atoms with Gasteiger partial charge in [-0.25, -0.2) is 0 Å². The predicted molar refractivity (Wildman–Crippen MR) is 74.9 cm³/mol. The van der Waals surface area contributed by atoms with E-state index >= 15 is 0 Å². The number of halogens is 1. The van der Waals surface area contributed by atoms with E-state index in [0.717, 1.165) is 25.7 Å². The maximum atomic E-state index is 11.4.